The van der Waals surface area contributed by atoms with Crippen LogP contribution in [0.4, 0.5) is 0 Å². The van der Waals surface area contributed by atoms with Crippen molar-refractivity contribution in [1.29, 1.82) is 0 Å². The van der Waals surface area contributed by atoms with Gasteiger partial charge in [0.15, 0.2) is 18.1 Å². The molecule has 0 aliphatic carbocycles. The van der Waals surface area contributed by atoms with E-state index in [1.165, 1.54) is 0 Å². The van der Waals surface area contributed by atoms with Gasteiger partial charge in [-0.05, 0) is 48.7 Å². The van der Waals surface area contributed by atoms with Gasteiger partial charge in [-0.15, -0.1) is 0 Å². The third kappa shape index (κ3) is 4.86. The van der Waals surface area contributed by atoms with Crippen molar-refractivity contribution in [2.24, 2.45) is 0 Å². The second kappa shape index (κ2) is 10.3. The van der Waals surface area contributed by atoms with Crippen molar-refractivity contribution in [2.45, 2.75) is 19.8 Å². The molecule has 0 saturated heterocycles. The second-order valence-electron chi connectivity index (χ2n) is 8.29. The van der Waals surface area contributed by atoms with Crippen LogP contribution in [0, 0.1) is 13.8 Å². The summed E-state index contributed by atoms with van der Waals surface area (Å²) in [5, 5.41) is 4.15. The monoisotopic (exact) mass is 458 g/mol. The van der Waals surface area contributed by atoms with Crippen LogP contribution in [-0.2, 0) is 4.79 Å². The highest BCUT2D eigenvalue weighted by molar-refractivity contribution is 5.85. The molecule has 176 valence electrons. The molecule has 0 aliphatic heterocycles. The highest BCUT2D eigenvalue weighted by Crippen LogP contribution is 2.40. The number of fused-ring (bicyclic) bond motifs is 1. The van der Waals surface area contributed by atoms with Crippen LogP contribution in [0.5, 0.6) is 17.2 Å². The van der Waals surface area contributed by atoms with Gasteiger partial charge in [-0.25, -0.2) is 0 Å². The number of carbonyl (C=O) groups is 1. The highest BCUT2D eigenvalue weighted by Gasteiger charge is 2.24. The Hall–Kier alpha value is -3.93. The largest absolute Gasteiger partial charge is 0.493 e. The lowest BCUT2D eigenvalue weighted by atomic mass is 9.90. The Bertz CT molecular complexity index is 1290. The van der Waals surface area contributed by atoms with Gasteiger partial charge in [-0.3, -0.25) is 4.79 Å². The number of hydrogen-bond acceptors (Lipinski definition) is 4. The maximum Gasteiger partial charge on any atom is 0.257 e. The lowest BCUT2D eigenvalue weighted by Crippen LogP contribution is -2.33. The van der Waals surface area contributed by atoms with Crippen molar-refractivity contribution >= 4 is 16.8 Å². The molecule has 0 bridgehead atoms. The molecule has 1 amide bonds. The SMILES string of the molecule is COc1cccc(C(CNC(=O)COc2cc(C)ccc2C)c2c[nH]c3ccccc23)c1OC. The number of ether oxygens (including phenoxy) is 3. The van der Waals surface area contributed by atoms with Crippen LogP contribution in [0.2, 0.25) is 0 Å². The number of aryl methyl sites for hydroxylation is 2. The van der Waals surface area contributed by atoms with E-state index in [0.29, 0.717) is 18.0 Å². The highest BCUT2D eigenvalue weighted by atomic mass is 16.5. The second-order valence-corrected chi connectivity index (χ2v) is 8.29. The molecule has 0 saturated carbocycles. The van der Waals surface area contributed by atoms with E-state index in [9.17, 15) is 4.79 Å². The third-order valence-electron chi connectivity index (χ3n) is 6.01. The number of H-pyrrole nitrogens is 1. The lowest BCUT2D eigenvalue weighted by Gasteiger charge is -2.22. The van der Waals surface area contributed by atoms with Gasteiger partial charge in [0, 0.05) is 35.1 Å². The third-order valence-corrected chi connectivity index (χ3v) is 6.01. The van der Waals surface area contributed by atoms with E-state index in [0.717, 1.165) is 38.9 Å². The molecule has 0 aliphatic rings. The number of benzene rings is 3. The predicted octanol–water partition coefficient (Wildman–Crippen LogP) is 5.13. The molecule has 0 fully saturated rings. The van der Waals surface area contributed by atoms with Crippen LogP contribution in [0.3, 0.4) is 0 Å². The van der Waals surface area contributed by atoms with Crippen LogP contribution in [-0.4, -0.2) is 38.3 Å². The Balaban J connectivity index is 1.59. The molecular formula is C28H30N2O4. The summed E-state index contributed by atoms with van der Waals surface area (Å²) in [6.07, 6.45) is 1.99. The van der Waals surface area contributed by atoms with Crippen molar-refractivity contribution < 1.29 is 19.0 Å². The molecule has 4 aromatic rings. The molecule has 1 atom stereocenters. The molecule has 4 rings (SSSR count). The van der Waals surface area contributed by atoms with Gasteiger partial charge in [0.1, 0.15) is 5.75 Å². The van der Waals surface area contributed by atoms with Crippen molar-refractivity contribution in [2.75, 3.05) is 27.4 Å². The maximum absolute atomic E-state index is 12.8. The summed E-state index contributed by atoms with van der Waals surface area (Å²) in [5.74, 6) is 1.67. The Morgan fingerprint density at radius 2 is 1.76 bits per heavy atom. The number of aromatic nitrogens is 1. The summed E-state index contributed by atoms with van der Waals surface area (Å²) >= 11 is 0. The molecule has 2 N–H and O–H groups in total. The number of carbonyl (C=O) groups excluding carboxylic acids is 1. The quantitative estimate of drug-likeness (QED) is 0.365. The number of aromatic amines is 1. The van der Waals surface area contributed by atoms with Crippen LogP contribution < -0.4 is 19.5 Å². The molecule has 6 heteroatoms. The smallest absolute Gasteiger partial charge is 0.257 e. The first-order chi connectivity index (χ1) is 16.5. The van der Waals surface area contributed by atoms with E-state index < -0.39 is 0 Å². The fraction of sp³-hybridized carbons (Fsp3) is 0.250. The molecule has 0 radical (unpaired) electrons. The van der Waals surface area contributed by atoms with Crippen LogP contribution in [0.1, 0.15) is 28.2 Å². The van der Waals surface area contributed by atoms with Crippen LogP contribution in [0.15, 0.2) is 66.9 Å². The van der Waals surface area contributed by atoms with Crippen molar-refractivity contribution in [1.82, 2.24) is 10.3 Å². The van der Waals surface area contributed by atoms with Gasteiger partial charge in [0.2, 0.25) is 0 Å². The number of nitrogens with one attached hydrogen (secondary N) is 2. The number of rotatable bonds is 9. The first-order valence-electron chi connectivity index (χ1n) is 11.3. The molecule has 34 heavy (non-hydrogen) atoms. The fourth-order valence-corrected chi connectivity index (χ4v) is 4.23. The van der Waals surface area contributed by atoms with Gasteiger partial charge in [-0.1, -0.05) is 42.5 Å². The zero-order chi connectivity index (χ0) is 24.1. The van der Waals surface area contributed by atoms with Gasteiger partial charge in [0.05, 0.1) is 14.2 Å². The van der Waals surface area contributed by atoms with E-state index in [-0.39, 0.29) is 18.4 Å². The Morgan fingerprint density at radius 1 is 0.941 bits per heavy atom. The van der Waals surface area contributed by atoms with E-state index in [1.807, 2.05) is 74.6 Å². The minimum absolute atomic E-state index is 0.0554. The van der Waals surface area contributed by atoms with E-state index in [2.05, 4.69) is 16.4 Å². The van der Waals surface area contributed by atoms with Gasteiger partial charge >= 0.3 is 0 Å². The summed E-state index contributed by atoms with van der Waals surface area (Å²) in [5.41, 5.74) is 5.12. The Labute approximate surface area is 199 Å². The average Bonchev–Trinajstić information content (AvgIpc) is 3.28. The minimum atomic E-state index is -0.187. The summed E-state index contributed by atoms with van der Waals surface area (Å²) in [6, 6.07) is 19.9. The summed E-state index contributed by atoms with van der Waals surface area (Å²) < 4.78 is 17.0. The van der Waals surface area contributed by atoms with Gasteiger partial charge in [0.25, 0.3) is 5.91 Å². The summed E-state index contributed by atoms with van der Waals surface area (Å²) in [7, 11) is 3.25. The molecule has 1 aromatic heterocycles. The van der Waals surface area contributed by atoms with E-state index >= 15 is 0 Å². The van der Waals surface area contributed by atoms with Gasteiger partial charge in [-0.2, -0.15) is 0 Å². The molecule has 1 heterocycles. The van der Waals surface area contributed by atoms with Crippen LogP contribution in [0.25, 0.3) is 10.9 Å². The van der Waals surface area contributed by atoms with Crippen LogP contribution >= 0.6 is 0 Å². The topological polar surface area (TPSA) is 72.6 Å². The Kier molecular flexibility index (Phi) is 7.07. The van der Waals surface area contributed by atoms with Crippen molar-refractivity contribution in [3.8, 4) is 17.2 Å². The normalized spacial score (nSPS) is 11.8. The summed E-state index contributed by atoms with van der Waals surface area (Å²) in [4.78, 5) is 16.1. The first-order valence-corrected chi connectivity index (χ1v) is 11.3. The average molecular weight is 459 g/mol. The zero-order valence-corrected chi connectivity index (χ0v) is 20.0. The predicted molar refractivity (Wildman–Crippen MR) is 134 cm³/mol. The summed E-state index contributed by atoms with van der Waals surface area (Å²) in [6.45, 7) is 4.29. The molecule has 3 aromatic carbocycles. The molecule has 6 nitrogen and oxygen atoms in total. The molecular weight excluding hydrogens is 428 g/mol. The fourth-order valence-electron chi connectivity index (χ4n) is 4.23. The zero-order valence-electron chi connectivity index (χ0n) is 20.0. The maximum atomic E-state index is 12.8. The molecule has 1 unspecified atom stereocenters. The van der Waals surface area contributed by atoms with E-state index in [4.69, 9.17) is 14.2 Å². The number of amides is 1. The first kappa shape index (κ1) is 23.2. The number of hydrogen-bond donors (Lipinski definition) is 2. The standard InChI is InChI=1S/C28H30N2O4/c1-18-12-13-19(2)26(14-18)34-17-27(31)30-16-23(21-9-7-11-25(32-3)28(21)33-4)22-15-29-24-10-6-5-8-20(22)24/h5-15,23,29H,16-17H2,1-4H3,(H,30,31). The van der Waals surface area contributed by atoms with Gasteiger partial charge < -0.3 is 24.5 Å². The number of methoxy groups -OCH3 is 2. The Morgan fingerprint density at radius 3 is 2.56 bits per heavy atom. The van der Waals surface area contributed by atoms with Crippen molar-refractivity contribution in [3.63, 3.8) is 0 Å². The van der Waals surface area contributed by atoms with Crippen molar-refractivity contribution in [3.05, 3.63) is 89.1 Å². The van der Waals surface area contributed by atoms with E-state index in [1.54, 1.807) is 14.2 Å². The minimum Gasteiger partial charge on any atom is -0.493 e. The number of para-hydroxylation sites is 2. The molecule has 0 spiro atoms. The lowest BCUT2D eigenvalue weighted by molar-refractivity contribution is -0.123.